The molecule has 1 amide bonds. The van der Waals surface area contributed by atoms with Gasteiger partial charge in [0.1, 0.15) is 5.82 Å². The van der Waals surface area contributed by atoms with Gasteiger partial charge in [-0.3, -0.25) is 4.79 Å². The van der Waals surface area contributed by atoms with Gasteiger partial charge in [0.25, 0.3) is 5.91 Å². The summed E-state index contributed by atoms with van der Waals surface area (Å²) in [6.45, 7) is -0.236. The van der Waals surface area contributed by atoms with Crippen molar-refractivity contribution in [2.24, 2.45) is 5.16 Å². The predicted molar refractivity (Wildman–Crippen MR) is 75.0 cm³/mol. The van der Waals surface area contributed by atoms with Crippen LogP contribution in [-0.2, 0) is 9.63 Å². The fraction of sp³-hybridized carbons (Fsp3) is 0.0667. The summed E-state index contributed by atoms with van der Waals surface area (Å²) in [6.07, 6.45) is 1.23. The Morgan fingerprint density at radius 3 is 2.60 bits per heavy atom. The average molecular weight is 272 g/mol. The molecule has 0 aromatic heterocycles. The lowest BCUT2D eigenvalue weighted by molar-refractivity contribution is -0.120. The number of halogens is 1. The first-order chi connectivity index (χ1) is 9.75. The van der Waals surface area contributed by atoms with E-state index in [0.29, 0.717) is 11.3 Å². The molecule has 2 rings (SSSR count). The SMILES string of the molecule is O=C(CO/N=C\c1ccccc1F)Nc1ccccc1. The molecule has 0 saturated heterocycles. The van der Waals surface area contributed by atoms with Crippen molar-refractivity contribution in [3.05, 3.63) is 66.0 Å². The van der Waals surface area contributed by atoms with Gasteiger partial charge in [0.15, 0.2) is 6.61 Å². The number of carbonyl (C=O) groups is 1. The summed E-state index contributed by atoms with van der Waals surface area (Å²) in [5.74, 6) is -0.726. The number of hydrogen-bond acceptors (Lipinski definition) is 3. The number of benzene rings is 2. The first-order valence-electron chi connectivity index (χ1n) is 6.00. The van der Waals surface area contributed by atoms with Crippen LogP contribution in [0.1, 0.15) is 5.56 Å². The molecule has 4 nitrogen and oxygen atoms in total. The molecule has 102 valence electrons. The Labute approximate surface area is 115 Å². The minimum Gasteiger partial charge on any atom is -0.386 e. The number of nitrogens with zero attached hydrogens (tertiary/aromatic N) is 1. The van der Waals surface area contributed by atoms with E-state index in [4.69, 9.17) is 4.84 Å². The smallest absolute Gasteiger partial charge is 0.265 e. The van der Waals surface area contributed by atoms with Crippen LogP contribution in [-0.4, -0.2) is 18.7 Å². The van der Waals surface area contributed by atoms with Gasteiger partial charge in [-0.25, -0.2) is 4.39 Å². The number of hydrogen-bond donors (Lipinski definition) is 1. The van der Waals surface area contributed by atoms with Crippen molar-refractivity contribution in [3.63, 3.8) is 0 Å². The van der Waals surface area contributed by atoms with Gasteiger partial charge in [0.2, 0.25) is 0 Å². The summed E-state index contributed by atoms with van der Waals surface area (Å²) in [5.41, 5.74) is 0.982. The summed E-state index contributed by atoms with van der Waals surface area (Å²) in [6, 6.07) is 15.2. The first kappa shape index (κ1) is 13.7. The predicted octanol–water partition coefficient (Wildman–Crippen LogP) is 2.81. The molecular formula is C15H13FN2O2. The maximum Gasteiger partial charge on any atom is 0.265 e. The molecule has 0 spiro atoms. The van der Waals surface area contributed by atoms with E-state index < -0.39 is 5.82 Å². The lowest BCUT2D eigenvalue weighted by Gasteiger charge is -2.03. The molecule has 0 atom stereocenters. The Morgan fingerprint density at radius 2 is 1.85 bits per heavy atom. The molecule has 2 aromatic rings. The zero-order chi connectivity index (χ0) is 14.2. The van der Waals surface area contributed by atoms with Crippen LogP contribution in [0.2, 0.25) is 0 Å². The Bertz CT molecular complexity index is 600. The van der Waals surface area contributed by atoms with Crippen LogP contribution in [0.4, 0.5) is 10.1 Å². The monoisotopic (exact) mass is 272 g/mol. The molecule has 0 aliphatic heterocycles. The third-order valence-electron chi connectivity index (χ3n) is 2.42. The number of anilines is 1. The second-order valence-electron chi connectivity index (χ2n) is 3.94. The number of oxime groups is 1. The van der Waals surface area contributed by atoms with E-state index in [1.165, 1.54) is 12.3 Å². The molecule has 1 N–H and O–H groups in total. The third-order valence-corrected chi connectivity index (χ3v) is 2.42. The Balaban J connectivity index is 1.78. The molecule has 0 unspecified atom stereocenters. The Morgan fingerprint density at radius 1 is 1.15 bits per heavy atom. The van der Waals surface area contributed by atoms with Crippen LogP contribution in [0.3, 0.4) is 0 Å². The highest BCUT2D eigenvalue weighted by atomic mass is 19.1. The van der Waals surface area contributed by atoms with Gasteiger partial charge in [0, 0.05) is 11.3 Å². The van der Waals surface area contributed by atoms with Crippen LogP contribution < -0.4 is 5.32 Å². The van der Waals surface area contributed by atoms with Crippen molar-refractivity contribution in [1.82, 2.24) is 0 Å². The lowest BCUT2D eigenvalue weighted by atomic mass is 10.2. The lowest BCUT2D eigenvalue weighted by Crippen LogP contribution is -2.16. The maximum atomic E-state index is 13.2. The highest BCUT2D eigenvalue weighted by Gasteiger charge is 2.02. The first-order valence-corrected chi connectivity index (χ1v) is 6.00. The van der Waals surface area contributed by atoms with Crippen molar-refractivity contribution in [2.75, 3.05) is 11.9 Å². The molecule has 0 aliphatic carbocycles. The van der Waals surface area contributed by atoms with Gasteiger partial charge in [-0.05, 0) is 18.2 Å². The van der Waals surface area contributed by atoms with Crippen LogP contribution in [0, 0.1) is 5.82 Å². The van der Waals surface area contributed by atoms with Gasteiger partial charge >= 0.3 is 0 Å². The van der Waals surface area contributed by atoms with E-state index in [1.54, 1.807) is 30.3 Å². The van der Waals surface area contributed by atoms with Crippen LogP contribution >= 0.6 is 0 Å². The van der Waals surface area contributed by atoms with E-state index in [1.807, 2.05) is 18.2 Å². The molecule has 0 saturated carbocycles. The summed E-state index contributed by atoms with van der Waals surface area (Å²) in [7, 11) is 0. The van der Waals surface area contributed by atoms with Crippen LogP contribution in [0.25, 0.3) is 0 Å². The van der Waals surface area contributed by atoms with Crippen LogP contribution in [0.5, 0.6) is 0 Å². The summed E-state index contributed by atoms with van der Waals surface area (Å²) >= 11 is 0. The highest BCUT2D eigenvalue weighted by Crippen LogP contribution is 2.05. The normalized spacial score (nSPS) is 10.4. The van der Waals surface area contributed by atoms with Crippen LogP contribution in [0.15, 0.2) is 59.8 Å². The summed E-state index contributed by atoms with van der Waals surface area (Å²) < 4.78 is 13.2. The van der Waals surface area contributed by atoms with Crippen molar-refractivity contribution < 1.29 is 14.0 Å². The molecule has 2 aromatic carbocycles. The van der Waals surface area contributed by atoms with Crippen molar-refractivity contribution in [1.29, 1.82) is 0 Å². The second kappa shape index (κ2) is 7.04. The standard InChI is InChI=1S/C15H13FN2O2/c16-14-9-5-4-6-12(14)10-17-20-11-15(19)18-13-7-2-1-3-8-13/h1-10H,11H2,(H,18,19)/b17-10-. The van der Waals surface area contributed by atoms with Gasteiger partial charge in [-0.15, -0.1) is 0 Å². The maximum absolute atomic E-state index is 13.2. The number of carbonyl (C=O) groups excluding carboxylic acids is 1. The number of para-hydroxylation sites is 1. The minimum atomic E-state index is -0.395. The molecule has 0 aliphatic rings. The molecule has 5 heteroatoms. The largest absolute Gasteiger partial charge is 0.386 e. The zero-order valence-corrected chi connectivity index (χ0v) is 10.6. The Hall–Kier alpha value is -2.69. The van der Waals surface area contributed by atoms with E-state index >= 15 is 0 Å². The van der Waals surface area contributed by atoms with Gasteiger partial charge in [-0.2, -0.15) is 0 Å². The summed E-state index contributed by atoms with van der Waals surface area (Å²) in [5, 5.41) is 6.20. The van der Waals surface area contributed by atoms with E-state index in [2.05, 4.69) is 10.5 Å². The number of nitrogens with one attached hydrogen (secondary N) is 1. The summed E-state index contributed by atoms with van der Waals surface area (Å²) in [4.78, 5) is 16.3. The fourth-order valence-electron chi connectivity index (χ4n) is 1.49. The van der Waals surface area contributed by atoms with E-state index in [0.717, 1.165) is 0 Å². The van der Waals surface area contributed by atoms with Crippen molar-refractivity contribution in [3.8, 4) is 0 Å². The molecule has 0 heterocycles. The number of amides is 1. The second-order valence-corrected chi connectivity index (χ2v) is 3.94. The quantitative estimate of drug-likeness (QED) is 0.672. The average Bonchev–Trinajstić information content (AvgIpc) is 2.46. The number of rotatable bonds is 5. The molecule has 0 bridgehead atoms. The Kier molecular flexibility index (Phi) is 4.83. The minimum absolute atomic E-state index is 0.236. The van der Waals surface area contributed by atoms with Gasteiger partial charge < -0.3 is 10.2 Å². The van der Waals surface area contributed by atoms with E-state index in [-0.39, 0.29) is 12.5 Å². The zero-order valence-electron chi connectivity index (χ0n) is 10.6. The molecule has 0 fully saturated rings. The van der Waals surface area contributed by atoms with Crippen molar-refractivity contribution in [2.45, 2.75) is 0 Å². The highest BCUT2D eigenvalue weighted by molar-refractivity contribution is 5.91. The third kappa shape index (κ3) is 4.20. The van der Waals surface area contributed by atoms with E-state index in [9.17, 15) is 9.18 Å². The van der Waals surface area contributed by atoms with Gasteiger partial charge in [0.05, 0.1) is 6.21 Å². The molecule has 0 radical (unpaired) electrons. The van der Waals surface area contributed by atoms with Gasteiger partial charge in [-0.1, -0.05) is 41.6 Å². The molecule has 20 heavy (non-hydrogen) atoms. The molecular weight excluding hydrogens is 259 g/mol. The fourth-order valence-corrected chi connectivity index (χ4v) is 1.49. The topological polar surface area (TPSA) is 50.7 Å². The van der Waals surface area contributed by atoms with Crippen molar-refractivity contribution >= 4 is 17.8 Å².